The summed E-state index contributed by atoms with van der Waals surface area (Å²) in [6, 6.07) is 16.0. The molecule has 12 heteroatoms. The molecule has 0 aliphatic rings. The maximum absolute atomic E-state index is 14.0. The highest BCUT2D eigenvalue weighted by molar-refractivity contribution is 7.92. The van der Waals surface area contributed by atoms with Crippen LogP contribution in [0, 0.1) is 5.92 Å². The molecule has 220 valence electrons. The molecule has 2 amide bonds. The van der Waals surface area contributed by atoms with Crippen molar-refractivity contribution in [1.82, 2.24) is 10.2 Å². The van der Waals surface area contributed by atoms with Crippen molar-refractivity contribution in [3.05, 3.63) is 87.4 Å². The second-order valence-corrected chi connectivity index (χ2v) is 12.9. The number of ether oxygens (including phenoxy) is 1. The third-order valence-electron chi connectivity index (χ3n) is 6.21. The van der Waals surface area contributed by atoms with Crippen LogP contribution in [-0.2, 0) is 26.2 Å². The first kappa shape index (κ1) is 32.5. The van der Waals surface area contributed by atoms with Gasteiger partial charge in [0.25, 0.3) is 10.0 Å². The van der Waals surface area contributed by atoms with Crippen molar-refractivity contribution in [3.63, 3.8) is 0 Å². The molecule has 0 bridgehead atoms. The minimum Gasteiger partial charge on any atom is -0.497 e. The lowest BCUT2D eigenvalue weighted by atomic mass is 10.1. The molecular weight excluding hydrogens is 609 g/mol. The molecule has 0 radical (unpaired) electrons. The number of sulfonamides is 1. The Balaban J connectivity index is 2.03. The number of halogens is 3. The van der Waals surface area contributed by atoms with Crippen LogP contribution in [0.3, 0.4) is 0 Å². The number of benzene rings is 3. The van der Waals surface area contributed by atoms with Crippen molar-refractivity contribution in [2.24, 2.45) is 5.92 Å². The Kier molecular flexibility index (Phi) is 11.3. The Morgan fingerprint density at radius 2 is 1.61 bits per heavy atom. The van der Waals surface area contributed by atoms with E-state index in [2.05, 4.69) is 5.32 Å². The largest absolute Gasteiger partial charge is 0.497 e. The molecule has 0 unspecified atom stereocenters. The Hall–Kier alpha value is -2.98. The first-order valence-electron chi connectivity index (χ1n) is 12.8. The van der Waals surface area contributed by atoms with Gasteiger partial charge in [0.1, 0.15) is 18.3 Å². The third-order valence-corrected chi connectivity index (χ3v) is 8.97. The maximum Gasteiger partial charge on any atom is 0.264 e. The van der Waals surface area contributed by atoms with E-state index in [-0.39, 0.29) is 34.0 Å². The second-order valence-electron chi connectivity index (χ2n) is 9.75. The maximum atomic E-state index is 14.0. The molecule has 0 saturated carbocycles. The molecule has 0 saturated heterocycles. The van der Waals surface area contributed by atoms with Gasteiger partial charge in [0.2, 0.25) is 11.8 Å². The molecule has 3 rings (SSSR count). The second kappa shape index (κ2) is 14.3. The van der Waals surface area contributed by atoms with Gasteiger partial charge in [-0.2, -0.15) is 0 Å². The van der Waals surface area contributed by atoms with Crippen LogP contribution in [0.25, 0.3) is 0 Å². The Morgan fingerprint density at radius 1 is 0.927 bits per heavy atom. The number of anilines is 1. The fourth-order valence-electron chi connectivity index (χ4n) is 3.90. The SMILES string of the molecule is COc1ccc(S(=O)(=O)N(CC(=O)N(Cc2ccc(Cl)c(Cl)c2)[C@H](C)C(=O)NCC(C)C)c2cccc(Cl)c2)cc1. The van der Waals surface area contributed by atoms with Gasteiger partial charge in [0, 0.05) is 18.1 Å². The van der Waals surface area contributed by atoms with Gasteiger partial charge >= 0.3 is 0 Å². The number of nitrogens with zero attached hydrogens (tertiary/aromatic N) is 2. The first-order valence-corrected chi connectivity index (χ1v) is 15.3. The van der Waals surface area contributed by atoms with E-state index in [0.717, 1.165) is 4.31 Å². The lowest BCUT2D eigenvalue weighted by Crippen LogP contribution is -2.51. The zero-order valence-electron chi connectivity index (χ0n) is 23.1. The molecule has 1 atom stereocenters. The Labute approximate surface area is 256 Å². The van der Waals surface area contributed by atoms with Crippen molar-refractivity contribution in [2.75, 3.05) is 24.5 Å². The number of carbonyl (C=O) groups is 2. The van der Waals surface area contributed by atoms with Crippen LogP contribution in [0.2, 0.25) is 15.1 Å². The van der Waals surface area contributed by atoms with Gasteiger partial charge in [-0.05, 0) is 73.0 Å². The van der Waals surface area contributed by atoms with Crippen molar-refractivity contribution in [2.45, 2.75) is 38.3 Å². The number of carbonyl (C=O) groups excluding carboxylic acids is 2. The fraction of sp³-hybridized carbons (Fsp3) is 0.310. The molecule has 0 aromatic heterocycles. The summed E-state index contributed by atoms with van der Waals surface area (Å²) in [5.41, 5.74) is 0.802. The zero-order chi connectivity index (χ0) is 30.3. The molecule has 0 fully saturated rings. The molecule has 8 nitrogen and oxygen atoms in total. The van der Waals surface area contributed by atoms with Crippen molar-refractivity contribution < 1.29 is 22.7 Å². The molecule has 1 N–H and O–H groups in total. The quantitative estimate of drug-likeness (QED) is 0.261. The van der Waals surface area contributed by atoms with Crippen LogP contribution in [-0.4, -0.2) is 51.4 Å². The normalized spacial score (nSPS) is 12.1. The van der Waals surface area contributed by atoms with Gasteiger partial charge in [-0.1, -0.05) is 60.8 Å². The number of rotatable bonds is 12. The summed E-state index contributed by atoms with van der Waals surface area (Å²) in [6.45, 7) is 5.30. The van der Waals surface area contributed by atoms with Gasteiger partial charge in [-0.25, -0.2) is 8.42 Å². The van der Waals surface area contributed by atoms with Crippen molar-refractivity contribution in [1.29, 1.82) is 0 Å². The average molecular weight is 641 g/mol. The van der Waals surface area contributed by atoms with Crippen molar-refractivity contribution >= 4 is 62.3 Å². The summed E-state index contributed by atoms with van der Waals surface area (Å²) >= 11 is 18.5. The van der Waals surface area contributed by atoms with Crippen LogP contribution < -0.4 is 14.4 Å². The number of amides is 2. The summed E-state index contributed by atoms with van der Waals surface area (Å²) in [5.74, 6) is -0.318. The number of hydrogen-bond donors (Lipinski definition) is 1. The van der Waals surface area contributed by atoms with Crippen LogP contribution in [0.4, 0.5) is 5.69 Å². The summed E-state index contributed by atoms with van der Waals surface area (Å²) in [5, 5.41) is 3.76. The Bertz CT molecular complexity index is 1480. The Morgan fingerprint density at radius 3 is 2.20 bits per heavy atom. The molecule has 3 aromatic rings. The van der Waals surface area contributed by atoms with E-state index >= 15 is 0 Å². The van der Waals surface area contributed by atoms with Crippen LogP contribution in [0.15, 0.2) is 71.6 Å². The molecule has 41 heavy (non-hydrogen) atoms. The van der Waals surface area contributed by atoms with Gasteiger partial charge in [0.05, 0.1) is 27.7 Å². The molecular formula is C29H32Cl3N3O5S. The standard InChI is InChI=1S/C29H32Cl3N3O5S/c1-19(2)16-33-29(37)20(3)34(17-21-8-13-26(31)27(32)14-21)28(36)18-35(23-7-5-6-22(30)15-23)41(38,39)25-11-9-24(40-4)10-12-25/h5-15,19-20H,16-18H2,1-4H3,(H,33,37)/t20-/m1/s1. The highest BCUT2D eigenvalue weighted by atomic mass is 35.5. The van der Waals surface area contributed by atoms with Gasteiger partial charge in [-0.3, -0.25) is 13.9 Å². The summed E-state index contributed by atoms with van der Waals surface area (Å²) in [7, 11) is -2.77. The van der Waals surface area contributed by atoms with E-state index < -0.39 is 28.5 Å². The van der Waals surface area contributed by atoms with Crippen LogP contribution in [0.5, 0.6) is 5.75 Å². The predicted octanol–water partition coefficient (Wildman–Crippen LogP) is 6.04. The zero-order valence-corrected chi connectivity index (χ0v) is 26.2. The topological polar surface area (TPSA) is 96.0 Å². The summed E-state index contributed by atoms with van der Waals surface area (Å²) in [6.07, 6.45) is 0. The highest BCUT2D eigenvalue weighted by Crippen LogP contribution is 2.28. The van der Waals surface area contributed by atoms with E-state index in [1.807, 2.05) is 13.8 Å². The number of nitrogens with one attached hydrogen (secondary N) is 1. The number of hydrogen-bond acceptors (Lipinski definition) is 5. The lowest BCUT2D eigenvalue weighted by molar-refractivity contribution is -0.139. The van der Waals surface area contributed by atoms with E-state index in [1.54, 1.807) is 43.3 Å². The first-order chi connectivity index (χ1) is 19.3. The van der Waals surface area contributed by atoms with E-state index in [0.29, 0.717) is 27.9 Å². The highest BCUT2D eigenvalue weighted by Gasteiger charge is 2.32. The smallest absolute Gasteiger partial charge is 0.264 e. The minimum absolute atomic E-state index is 0.0159. The van der Waals surface area contributed by atoms with Crippen LogP contribution in [0.1, 0.15) is 26.3 Å². The molecule has 0 aliphatic heterocycles. The van der Waals surface area contributed by atoms with Gasteiger partial charge in [-0.15, -0.1) is 0 Å². The van der Waals surface area contributed by atoms with Gasteiger partial charge in [0.15, 0.2) is 0 Å². The summed E-state index contributed by atoms with van der Waals surface area (Å²) < 4.78 is 33.9. The van der Waals surface area contributed by atoms with Crippen LogP contribution >= 0.6 is 34.8 Å². The molecule has 3 aromatic carbocycles. The fourth-order valence-corrected chi connectivity index (χ4v) is 5.82. The monoisotopic (exact) mass is 639 g/mol. The summed E-state index contributed by atoms with van der Waals surface area (Å²) in [4.78, 5) is 28.3. The lowest BCUT2D eigenvalue weighted by Gasteiger charge is -2.32. The van der Waals surface area contributed by atoms with E-state index in [9.17, 15) is 18.0 Å². The van der Waals surface area contributed by atoms with E-state index in [4.69, 9.17) is 39.5 Å². The predicted molar refractivity (Wildman–Crippen MR) is 163 cm³/mol. The average Bonchev–Trinajstić information content (AvgIpc) is 2.94. The number of methoxy groups -OCH3 is 1. The molecule has 0 aliphatic carbocycles. The van der Waals surface area contributed by atoms with Gasteiger partial charge < -0.3 is 15.0 Å². The molecule has 0 heterocycles. The minimum atomic E-state index is -4.24. The van der Waals surface area contributed by atoms with Crippen molar-refractivity contribution in [3.8, 4) is 5.75 Å². The van der Waals surface area contributed by atoms with E-state index in [1.165, 1.54) is 42.3 Å². The third kappa shape index (κ3) is 8.52. The molecule has 0 spiro atoms.